The van der Waals surface area contributed by atoms with Gasteiger partial charge in [0, 0.05) is 12.1 Å². The van der Waals surface area contributed by atoms with Crippen LogP contribution in [0.2, 0.25) is 0 Å². The minimum Gasteiger partial charge on any atom is -0.373 e. The lowest BCUT2D eigenvalue weighted by atomic mass is 9.82. The zero-order valence-electron chi connectivity index (χ0n) is 10.4. The average Bonchev–Trinajstić information content (AvgIpc) is 2.90. The number of rotatable bonds is 2. The molecule has 5 heteroatoms. The van der Waals surface area contributed by atoms with E-state index in [9.17, 15) is 13.2 Å². The van der Waals surface area contributed by atoms with Gasteiger partial charge in [-0.1, -0.05) is 12.8 Å². The molecule has 0 aromatic heterocycles. The molecule has 0 spiro atoms. The number of fused-ring (bicyclic) bond motifs is 2. The van der Waals surface area contributed by atoms with Crippen LogP contribution in [0.3, 0.4) is 0 Å². The van der Waals surface area contributed by atoms with E-state index in [1.54, 1.807) is 0 Å². The highest BCUT2D eigenvalue weighted by atomic mass is 19.4. The highest BCUT2D eigenvalue weighted by Crippen LogP contribution is 2.40. The molecular weight excluding hydrogens is 243 g/mol. The second kappa shape index (κ2) is 4.67. The summed E-state index contributed by atoms with van der Waals surface area (Å²) in [5, 5.41) is 3.26. The lowest BCUT2D eigenvalue weighted by Crippen LogP contribution is -2.51. The largest absolute Gasteiger partial charge is 0.393 e. The summed E-state index contributed by atoms with van der Waals surface area (Å²) in [6, 6.07) is -0.247. The molecular formula is C13H20F3NO. The number of nitrogens with one attached hydrogen (secondary N) is 1. The minimum absolute atomic E-state index is 0.150. The molecule has 2 nitrogen and oxygen atoms in total. The van der Waals surface area contributed by atoms with Crippen molar-refractivity contribution >= 4 is 0 Å². The Hall–Kier alpha value is -0.290. The van der Waals surface area contributed by atoms with Crippen LogP contribution in [0, 0.1) is 5.92 Å². The molecule has 0 radical (unpaired) electrons. The Morgan fingerprint density at radius 2 is 1.72 bits per heavy atom. The Morgan fingerprint density at radius 1 is 0.944 bits per heavy atom. The molecule has 104 valence electrons. The molecule has 2 heterocycles. The molecule has 0 amide bonds. The molecule has 0 aromatic rings. The second-order valence-electron chi connectivity index (χ2n) is 5.92. The number of ether oxygens (including phenoxy) is 1. The highest BCUT2D eigenvalue weighted by Gasteiger charge is 2.48. The van der Waals surface area contributed by atoms with Crippen molar-refractivity contribution in [3.05, 3.63) is 0 Å². The molecule has 3 aliphatic rings. The van der Waals surface area contributed by atoms with Crippen molar-refractivity contribution in [2.75, 3.05) is 0 Å². The van der Waals surface area contributed by atoms with Gasteiger partial charge in [0.15, 0.2) is 0 Å². The predicted molar refractivity (Wildman–Crippen MR) is 61.2 cm³/mol. The molecule has 3 fully saturated rings. The van der Waals surface area contributed by atoms with Gasteiger partial charge in [-0.2, -0.15) is 13.2 Å². The van der Waals surface area contributed by atoms with Crippen molar-refractivity contribution in [1.82, 2.24) is 5.32 Å². The third-order valence-corrected chi connectivity index (χ3v) is 4.72. The fourth-order valence-electron chi connectivity index (χ4n) is 3.81. The summed E-state index contributed by atoms with van der Waals surface area (Å²) in [6.07, 6.45) is 1.92. The molecule has 2 aliphatic heterocycles. The third-order valence-electron chi connectivity index (χ3n) is 4.72. The molecule has 18 heavy (non-hydrogen) atoms. The highest BCUT2D eigenvalue weighted by molar-refractivity contribution is 4.97. The van der Waals surface area contributed by atoms with Crippen LogP contribution in [0.1, 0.15) is 44.9 Å². The Balaban J connectivity index is 1.63. The topological polar surface area (TPSA) is 21.3 Å². The molecule has 5 atom stereocenters. The summed E-state index contributed by atoms with van der Waals surface area (Å²) in [6.45, 7) is 0. The lowest BCUT2D eigenvalue weighted by Gasteiger charge is -2.36. The van der Waals surface area contributed by atoms with Gasteiger partial charge >= 0.3 is 6.18 Å². The number of hydrogen-bond donors (Lipinski definition) is 1. The van der Waals surface area contributed by atoms with Gasteiger partial charge in [-0.25, -0.2) is 0 Å². The maximum absolute atomic E-state index is 13.0. The van der Waals surface area contributed by atoms with Crippen LogP contribution in [0.25, 0.3) is 0 Å². The van der Waals surface area contributed by atoms with Gasteiger partial charge in [0.05, 0.1) is 18.1 Å². The van der Waals surface area contributed by atoms with Crippen LogP contribution in [0.4, 0.5) is 13.2 Å². The van der Waals surface area contributed by atoms with Crippen LogP contribution in [0.15, 0.2) is 0 Å². The van der Waals surface area contributed by atoms with Crippen LogP contribution in [-0.2, 0) is 4.74 Å². The van der Waals surface area contributed by atoms with E-state index in [0.29, 0.717) is 18.9 Å². The predicted octanol–water partition coefficient (Wildman–Crippen LogP) is 3.02. The number of alkyl halides is 3. The number of hydrogen-bond acceptors (Lipinski definition) is 2. The van der Waals surface area contributed by atoms with E-state index in [1.165, 1.54) is 0 Å². The van der Waals surface area contributed by atoms with Crippen LogP contribution in [0.5, 0.6) is 0 Å². The first-order chi connectivity index (χ1) is 8.54. The second-order valence-corrected chi connectivity index (χ2v) is 5.92. The maximum atomic E-state index is 13.0. The quantitative estimate of drug-likeness (QED) is 0.827. The van der Waals surface area contributed by atoms with Crippen molar-refractivity contribution < 1.29 is 17.9 Å². The summed E-state index contributed by atoms with van der Waals surface area (Å²) in [4.78, 5) is 0. The van der Waals surface area contributed by atoms with Crippen LogP contribution >= 0.6 is 0 Å². The van der Waals surface area contributed by atoms with Crippen molar-refractivity contribution in [3.63, 3.8) is 0 Å². The molecule has 3 rings (SSSR count). The van der Waals surface area contributed by atoms with Gasteiger partial charge in [-0.3, -0.25) is 0 Å². The Bertz CT molecular complexity index is 307. The SMILES string of the molecule is FC(F)(F)C1CCCCC1NC1CC2CCC1O2. The van der Waals surface area contributed by atoms with Gasteiger partial charge in [-0.05, 0) is 32.1 Å². The first-order valence-corrected chi connectivity index (χ1v) is 7.02. The molecule has 2 bridgehead atoms. The molecule has 1 N–H and O–H groups in total. The molecule has 1 saturated carbocycles. The van der Waals surface area contributed by atoms with Gasteiger partial charge in [0.25, 0.3) is 0 Å². The summed E-state index contributed by atoms with van der Waals surface area (Å²) in [7, 11) is 0. The Kier molecular flexibility index (Phi) is 3.30. The summed E-state index contributed by atoms with van der Waals surface area (Å²) >= 11 is 0. The maximum Gasteiger partial charge on any atom is 0.393 e. The molecule has 1 aliphatic carbocycles. The smallest absolute Gasteiger partial charge is 0.373 e. The first kappa shape index (κ1) is 12.7. The molecule has 5 unspecified atom stereocenters. The first-order valence-electron chi connectivity index (χ1n) is 7.02. The van der Waals surface area contributed by atoms with Gasteiger partial charge < -0.3 is 10.1 Å². The van der Waals surface area contributed by atoms with E-state index in [4.69, 9.17) is 4.74 Å². The normalized spacial score (nSPS) is 44.5. The van der Waals surface area contributed by atoms with E-state index in [1.807, 2.05) is 0 Å². The molecule has 0 aromatic carbocycles. The van der Waals surface area contributed by atoms with E-state index >= 15 is 0 Å². The summed E-state index contributed by atoms with van der Waals surface area (Å²) < 4.78 is 44.6. The summed E-state index contributed by atoms with van der Waals surface area (Å²) in [5.74, 6) is -1.16. The fourth-order valence-corrected chi connectivity index (χ4v) is 3.81. The van der Waals surface area contributed by atoms with Crippen LogP contribution < -0.4 is 5.32 Å². The van der Waals surface area contributed by atoms with Crippen LogP contribution in [-0.4, -0.2) is 30.5 Å². The zero-order chi connectivity index (χ0) is 12.8. The van der Waals surface area contributed by atoms with E-state index in [0.717, 1.165) is 25.7 Å². The van der Waals surface area contributed by atoms with Gasteiger partial charge in [0.1, 0.15) is 0 Å². The van der Waals surface area contributed by atoms with E-state index in [-0.39, 0.29) is 18.6 Å². The van der Waals surface area contributed by atoms with E-state index < -0.39 is 18.1 Å². The van der Waals surface area contributed by atoms with Gasteiger partial charge in [0.2, 0.25) is 0 Å². The monoisotopic (exact) mass is 263 g/mol. The zero-order valence-corrected chi connectivity index (χ0v) is 10.4. The number of halogens is 3. The molecule has 2 saturated heterocycles. The third kappa shape index (κ3) is 2.39. The van der Waals surface area contributed by atoms with Crippen molar-refractivity contribution in [2.24, 2.45) is 5.92 Å². The van der Waals surface area contributed by atoms with Crippen molar-refractivity contribution in [1.29, 1.82) is 0 Å². The van der Waals surface area contributed by atoms with E-state index in [2.05, 4.69) is 5.32 Å². The standard InChI is InChI=1S/C13H20F3NO/c14-13(15,16)9-3-1-2-4-10(9)17-11-7-8-5-6-12(11)18-8/h8-12,17H,1-7H2. The minimum atomic E-state index is -4.06. The van der Waals surface area contributed by atoms with Gasteiger partial charge in [-0.15, -0.1) is 0 Å². The Labute approximate surface area is 105 Å². The summed E-state index contributed by atoms with van der Waals surface area (Å²) in [5.41, 5.74) is 0. The average molecular weight is 263 g/mol. The fraction of sp³-hybridized carbons (Fsp3) is 1.00. The lowest BCUT2D eigenvalue weighted by molar-refractivity contribution is -0.189. The van der Waals surface area contributed by atoms with Crippen molar-refractivity contribution in [2.45, 2.75) is 75.4 Å². The van der Waals surface area contributed by atoms with Crippen molar-refractivity contribution in [3.8, 4) is 0 Å². The Morgan fingerprint density at radius 3 is 2.33 bits per heavy atom.